The zero-order chi connectivity index (χ0) is 12.7. The van der Waals surface area contributed by atoms with E-state index in [9.17, 15) is 13.8 Å². The Morgan fingerprint density at radius 2 is 1.94 bits per heavy atom. The molecule has 0 fully saturated rings. The number of amides is 1. The molecule has 0 aromatic rings. The summed E-state index contributed by atoms with van der Waals surface area (Å²) in [4.78, 5) is 23.7. The van der Waals surface area contributed by atoms with E-state index < -0.39 is 10.8 Å². The second kappa shape index (κ2) is 7.38. The van der Waals surface area contributed by atoms with E-state index in [1.54, 1.807) is 21.0 Å². The quantitative estimate of drug-likeness (QED) is 0.623. The summed E-state index contributed by atoms with van der Waals surface area (Å²) < 4.78 is 16.1. The monoisotopic (exact) mass is 249 g/mol. The van der Waals surface area contributed by atoms with Crippen LogP contribution >= 0.6 is 0 Å². The summed E-state index contributed by atoms with van der Waals surface area (Å²) in [5, 5.41) is 0. The van der Waals surface area contributed by atoms with Crippen LogP contribution in [0, 0.1) is 5.92 Å². The van der Waals surface area contributed by atoms with Gasteiger partial charge in [0.15, 0.2) is 0 Å². The van der Waals surface area contributed by atoms with Crippen LogP contribution in [0.2, 0.25) is 0 Å². The lowest BCUT2D eigenvalue weighted by Gasteiger charge is -2.11. The number of rotatable bonds is 6. The predicted molar refractivity (Wildman–Crippen MR) is 62.4 cm³/mol. The molecule has 16 heavy (non-hydrogen) atoms. The van der Waals surface area contributed by atoms with E-state index in [0.29, 0.717) is 5.75 Å². The first-order chi connectivity index (χ1) is 7.38. The highest BCUT2D eigenvalue weighted by molar-refractivity contribution is 7.85. The average Bonchev–Trinajstić information content (AvgIpc) is 2.24. The minimum atomic E-state index is -1.16. The Balaban J connectivity index is 3.92. The van der Waals surface area contributed by atoms with Gasteiger partial charge in [-0.3, -0.25) is 13.8 Å². The number of nitrogens with zero attached hydrogens (tertiary/aromatic N) is 1. The summed E-state index contributed by atoms with van der Waals surface area (Å²) in [5.41, 5.74) is 0. The maximum absolute atomic E-state index is 11.5. The van der Waals surface area contributed by atoms with Gasteiger partial charge in [-0.25, -0.2) is 0 Å². The zero-order valence-electron chi connectivity index (χ0n) is 10.2. The molecule has 0 aromatic carbocycles. The molecule has 6 heteroatoms. The summed E-state index contributed by atoms with van der Waals surface area (Å²) in [6, 6.07) is 0. The van der Waals surface area contributed by atoms with Crippen molar-refractivity contribution in [2.75, 3.05) is 32.7 Å². The molecule has 0 aromatic heterocycles. The Morgan fingerprint density at radius 3 is 2.38 bits per heavy atom. The third-order valence-electron chi connectivity index (χ3n) is 2.08. The molecule has 0 bridgehead atoms. The van der Waals surface area contributed by atoms with Crippen molar-refractivity contribution in [2.45, 2.75) is 13.3 Å². The molecule has 0 aliphatic rings. The van der Waals surface area contributed by atoms with Crippen molar-refractivity contribution in [3.05, 3.63) is 0 Å². The van der Waals surface area contributed by atoms with Gasteiger partial charge < -0.3 is 9.64 Å². The lowest BCUT2D eigenvalue weighted by Crippen LogP contribution is -2.25. The second-order valence-electron chi connectivity index (χ2n) is 3.77. The molecule has 0 N–H and O–H groups in total. The molecule has 0 saturated heterocycles. The lowest BCUT2D eigenvalue weighted by atomic mass is 10.2. The van der Waals surface area contributed by atoms with Gasteiger partial charge in [0.25, 0.3) is 0 Å². The SMILES string of the molecule is COC(=O)C(C)CS(=O)CCC(=O)N(C)C. The molecule has 5 nitrogen and oxygen atoms in total. The van der Waals surface area contributed by atoms with E-state index >= 15 is 0 Å². The Morgan fingerprint density at radius 1 is 1.38 bits per heavy atom. The lowest BCUT2D eigenvalue weighted by molar-refractivity contribution is -0.144. The van der Waals surface area contributed by atoms with Gasteiger partial charge in [0.05, 0.1) is 13.0 Å². The topological polar surface area (TPSA) is 63.7 Å². The highest BCUT2D eigenvalue weighted by Crippen LogP contribution is 2.02. The van der Waals surface area contributed by atoms with Gasteiger partial charge in [0.2, 0.25) is 5.91 Å². The fourth-order valence-electron chi connectivity index (χ4n) is 1.06. The molecule has 0 saturated carbocycles. The van der Waals surface area contributed by atoms with Crippen molar-refractivity contribution in [1.29, 1.82) is 0 Å². The summed E-state index contributed by atoms with van der Waals surface area (Å²) in [5.74, 6) is -0.280. The molecular formula is C10H19NO4S. The number of hydrogen-bond donors (Lipinski definition) is 0. The van der Waals surface area contributed by atoms with Crippen molar-refractivity contribution in [3.8, 4) is 0 Å². The zero-order valence-corrected chi connectivity index (χ0v) is 11.0. The van der Waals surface area contributed by atoms with Crippen LogP contribution in [0.4, 0.5) is 0 Å². The van der Waals surface area contributed by atoms with Crippen LogP contribution in [0.25, 0.3) is 0 Å². The highest BCUT2D eigenvalue weighted by atomic mass is 32.2. The fourth-order valence-corrected chi connectivity index (χ4v) is 2.32. The molecule has 0 rings (SSSR count). The van der Waals surface area contributed by atoms with Crippen molar-refractivity contribution >= 4 is 22.7 Å². The largest absolute Gasteiger partial charge is 0.469 e. The number of methoxy groups -OCH3 is 1. The van der Waals surface area contributed by atoms with Crippen LogP contribution in [-0.4, -0.2) is 53.7 Å². The molecule has 2 atom stereocenters. The summed E-state index contributed by atoms with van der Waals surface area (Å²) in [7, 11) is 3.46. The smallest absolute Gasteiger partial charge is 0.309 e. The van der Waals surface area contributed by atoms with E-state index in [-0.39, 0.29) is 30.0 Å². The van der Waals surface area contributed by atoms with Gasteiger partial charge in [0, 0.05) is 42.8 Å². The van der Waals surface area contributed by atoms with E-state index in [2.05, 4.69) is 4.74 Å². The Kier molecular flexibility index (Phi) is 6.96. The number of carbonyl (C=O) groups is 2. The van der Waals surface area contributed by atoms with Crippen LogP contribution in [0.3, 0.4) is 0 Å². The van der Waals surface area contributed by atoms with Crippen molar-refractivity contribution in [2.24, 2.45) is 5.92 Å². The number of hydrogen-bond acceptors (Lipinski definition) is 4. The van der Waals surface area contributed by atoms with Gasteiger partial charge in [-0.2, -0.15) is 0 Å². The molecule has 94 valence electrons. The van der Waals surface area contributed by atoms with Crippen molar-refractivity contribution in [1.82, 2.24) is 4.90 Å². The van der Waals surface area contributed by atoms with Crippen molar-refractivity contribution < 1.29 is 18.5 Å². The standard InChI is InChI=1S/C10H19NO4S/c1-8(10(13)15-4)7-16(14)6-5-9(12)11(2)3/h8H,5-7H2,1-4H3. The second-order valence-corrected chi connectivity index (χ2v) is 5.39. The Hall–Kier alpha value is -0.910. The normalized spacial score (nSPS) is 14.0. The fraction of sp³-hybridized carbons (Fsp3) is 0.800. The summed E-state index contributed by atoms with van der Waals surface area (Å²) >= 11 is 0. The van der Waals surface area contributed by atoms with Gasteiger partial charge >= 0.3 is 5.97 Å². The van der Waals surface area contributed by atoms with Crippen LogP contribution < -0.4 is 0 Å². The number of ether oxygens (including phenoxy) is 1. The first-order valence-electron chi connectivity index (χ1n) is 5.01. The van der Waals surface area contributed by atoms with E-state index in [0.717, 1.165) is 0 Å². The van der Waals surface area contributed by atoms with Gasteiger partial charge in [-0.05, 0) is 0 Å². The minimum Gasteiger partial charge on any atom is -0.469 e. The van der Waals surface area contributed by atoms with E-state index in [4.69, 9.17) is 0 Å². The molecule has 0 spiro atoms. The predicted octanol–water partition coefficient (Wildman–Crippen LogP) is 0.0225. The molecule has 1 amide bonds. The third kappa shape index (κ3) is 5.85. The summed E-state index contributed by atoms with van der Waals surface area (Å²) in [6.45, 7) is 1.66. The maximum Gasteiger partial charge on any atom is 0.309 e. The molecule has 0 aliphatic heterocycles. The average molecular weight is 249 g/mol. The van der Waals surface area contributed by atoms with Gasteiger partial charge in [-0.1, -0.05) is 6.92 Å². The van der Waals surface area contributed by atoms with Crippen LogP contribution in [0.15, 0.2) is 0 Å². The summed E-state index contributed by atoms with van der Waals surface area (Å²) in [6.07, 6.45) is 0.244. The van der Waals surface area contributed by atoms with E-state index in [1.165, 1.54) is 12.0 Å². The molecule has 2 unspecified atom stereocenters. The van der Waals surface area contributed by atoms with Gasteiger partial charge in [-0.15, -0.1) is 0 Å². The Bertz CT molecular complexity index is 278. The molecule has 0 aliphatic carbocycles. The first kappa shape index (κ1) is 15.1. The molecule has 0 radical (unpaired) electrons. The van der Waals surface area contributed by atoms with Crippen LogP contribution in [0.1, 0.15) is 13.3 Å². The van der Waals surface area contributed by atoms with Crippen LogP contribution in [-0.2, 0) is 25.1 Å². The maximum atomic E-state index is 11.5. The first-order valence-corrected chi connectivity index (χ1v) is 6.50. The molecule has 0 heterocycles. The number of carbonyl (C=O) groups excluding carboxylic acids is 2. The third-order valence-corrected chi connectivity index (χ3v) is 3.61. The molecular weight excluding hydrogens is 230 g/mol. The van der Waals surface area contributed by atoms with E-state index in [1.807, 2.05) is 0 Å². The van der Waals surface area contributed by atoms with Crippen molar-refractivity contribution in [3.63, 3.8) is 0 Å². The number of esters is 1. The highest BCUT2D eigenvalue weighted by Gasteiger charge is 2.17. The Labute approximate surface area is 98.6 Å². The minimum absolute atomic E-state index is 0.0564. The van der Waals surface area contributed by atoms with Crippen LogP contribution in [0.5, 0.6) is 0 Å². The van der Waals surface area contributed by atoms with Gasteiger partial charge in [0.1, 0.15) is 0 Å².